The fraction of sp³-hybridized carbons (Fsp3) is 0.188. The fourth-order valence-electron chi connectivity index (χ4n) is 2.17. The van der Waals surface area contributed by atoms with E-state index in [-0.39, 0.29) is 18.3 Å². The molecule has 0 spiro atoms. The lowest BCUT2D eigenvalue weighted by molar-refractivity contribution is -0.120. The molecule has 7 heteroatoms. The van der Waals surface area contributed by atoms with Crippen LogP contribution in [0.25, 0.3) is 0 Å². The molecule has 2 N–H and O–H groups in total. The molecular formula is C16H16N4O3. The van der Waals surface area contributed by atoms with Crippen molar-refractivity contribution in [2.45, 2.75) is 19.5 Å². The van der Waals surface area contributed by atoms with Gasteiger partial charge in [-0.1, -0.05) is 18.2 Å². The second kappa shape index (κ2) is 6.35. The van der Waals surface area contributed by atoms with Crippen molar-refractivity contribution in [1.82, 2.24) is 10.7 Å². The molecule has 0 saturated heterocycles. The molecule has 0 bridgehead atoms. The highest BCUT2D eigenvalue weighted by Crippen LogP contribution is 2.15. The first kappa shape index (κ1) is 14.8. The van der Waals surface area contributed by atoms with Crippen LogP contribution in [0.5, 0.6) is 0 Å². The standard InChI is InChI=1S/C16H16N4O3/c1-11-16(22)20(12-6-3-2-4-7-12)19-14(18-11)15(21)17-10-13-8-5-9-23-13/h2-9,11H,10H2,1H3,(H,17,21)(H,18,19). The van der Waals surface area contributed by atoms with Gasteiger partial charge in [-0.05, 0) is 31.2 Å². The van der Waals surface area contributed by atoms with Crippen molar-refractivity contribution in [3.63, 3.8) is 0 Å². The van der Waals surface area contributed by atoms with Gasteiger partial charge in [0.25, 0.3) is 11.8 Å². The van der Waals surface area contributed by atoms with Crippen molar-refractivity contribution in [1.29, 1.82) is 0 Å². The van der Waals surface area contributed by atoms with E-state index >= 15 is 0 Å². The number of amides is 2. The zero-order valence-corrected chi connectivity index (χ0v) is 12.5. The minimum absolute atomic E-state index is 0.0903. The van der Waals surface area contributed by atoms with Crippen molar-refractivity contribution < 1.29 is 14.0 Å². The lowest BCUT2D eigenvalue weighted by atomic mass is 10.2. The van der Waals surface area contributed by atoms with Crippen LogP contribution in [-0.2, 0) is 16.1 Å². The van der Waals surface area contributed by atoms with E-state index in [0.717, 1.165) is 0 Å². The summed E-state index contributed by atoms with van der Waals surface area (Å²) in [5.74, 6) is 0.103. The van der Waals surface area contributed by atoms with Crippen molar-refractivity contribution in [2.24, 2.45) is 4.99 Å². The van der Waals surface area contributed by atoms with Gasteiger partial charge in [0, 0.05) is 0 Å². The van der Waals surface area contributed by atoms with Crippen LogP contribution in [0.4, 0.5) is 5.69 Å². The molecule has 0 saturated carbocycles. The molecule has 1 aromatic heterocycles. The molecule has 23 heavy (non-hydrogen) atoms. The molecule has 2 aromatic rings. The highest BCUT2D eigenvalue weighted by molar-refractivity contribution is 6.39. The summed E-state index contributed by atoms with van der Waals surface area (Å²) in [5, 5.41) is 4.03. The maximum Gasteiger partial charge on any atom is 0.288 e. The van der Waals surface area contributed by atoms with Gasteiger partial charge in [0.1, 0.15) is 11.8 Å². The van der Waals surface area contributed by atoms with Crippen LogP contribution in [0.15, 0.2) is 58.1 Å². The van der Waals surface area contributed by atoms with Gasteiger partial charge in [-0.3, -0.25) is 15.0 Å². The largest absolute Gasteiger partial charge is 0.467 e. The molecule has 7 nitrogen and oxygen atoms in total. The second-order valence-corrected chi connectivity index (χ2v) is 5.04. The minimum atomic E-state index is -0.638. The van der Waals surface area contributed by atoms with E-state index in [0.29, 0.717) is 11.4 Å². The van der Waals surface area contributed by atoms with Gasteiger partial charge in [0.2, 0.25) is 5.84 Å². The van der Waals surface area contributed by atoms with Crippen LogP contribution in [-0.4, -0.2) is 23.7 Å². The number of hydrogen-bond donors (Lipinski definition) is 2. The molecule has 0 aliphatic carbocycles. The molecule has 1 atom stereocenters. The summed E-state index contributed by atoms with van der Waals surface area (Å²) in [5.41, 5.74) is 3.42. The fourth-order valence-corrected chi connectivity index (χ4v) is 2.17. The Hall–Kier alpha value is -3.09. The Kier molecular flexibility index (Phi) is 4.09. The molecule has 1 aromatic carbocycles. The molecule has 1 aliphatic rings. The Labute approximate surface area is 133 Å². The Bertz CT molecular complexity index is 725. The number of furan rings is 1. The summed E-state index contributed by atoms with van der Waals surface area (Å²) in [6.07, 6.45) is 1.54. The van der Waals surface area contributed by atoms with Gasteiger partial charge in [0.05, 0.1) is 18.5 Å². The van der Waals surface area contributed by atoms with E-state index in [1.807, 2.05) is 18.2 Å². The Morgan fingerprint density at radius 3 is 2.78 bits per heavy atom. The number of hydrazine groups is 1. The average Bonchev–Trinajstić information content (AvgIpc) is 3.09. The number of benzene rings is 1. The van der Waals surface area contributed by atoms with Gasteiger partial charge in [-0.25, -0.2) is 10.0 Å². The number of anilines is 1. The number of amidine groups is 1. The maximum absolute atomic E-state index is 12.2. The third kappa shape index (κ3) is 3.23. The highest BCUT2D eigenvalue weighted by atomic mass is 16.3. The SMILES string of the molecule is CC1N=C(C(=O)NCc2ccco2)NN(c2ccccc2)C1=O. The van der Waals surface area contributed by atoms with Crippen molar-refractivity contribution >= 4 is 23.3 Å². The van der Waals surface area contributed by atoms with E-state index < -0.39 is 11.9 Å². The average molecular weight is 312 g/mol. The van der Waals surface area contributed by atoms with E-state index in [1.165, 1.54) is 11.3 Å². The summed E-state index contributed by atoms with van der Waals surface area (Å²) in [7, 11) is 0. The van der Waals surface area contributed by atoms with Crippen molar-refractivity contribution in [3.05, 3.63) is 54.5 Å². The number of hydrogen-bond acceptors (Lipinski definition) is 5. The van der Waals surface area contributed by atoms with Crippen LogP contribution in [0.1, 0.15) is 12.7 Å². The van der Waals surface area contributed by atoms with Gasteiger partial charge >= 0.3 is 0 Å². The summed E-state index contributed by atoms with van der Waals surface area (Å²) in [6, 6.07) is 11.9. The van der Waals surface area contributed by atoms with Crippen LogP contribution < -0.4 is 15.8 Å². The van der Waals surface area contributed by atoms with E-state index in [9.17, 15) is 9.59 Å². The van der Waals surface area contributed by atoms with Crippen LogP contribution in [0.3, 0.4) is 0 Å². The number of para-hydroxylation sites is 1. The second-order valence-electron chi connectivity index (χ2n) is 5.04. The number of carbonyl (C=O) groups excluding carboxylic acids is 2. The molecule has 1 unspecified atom stereocenters. The normalized spacial score (nSPS) is 17.4. The first-order chi connectivity index (χ1) is 11.1. The van der Waals surface area contributed by atoms with Gasteiger partial charge in [-0.15, -0.1) is 0 Å². The smallest absolute Gasteiger partial charge is 0.288 e. The summed E-state index contributed by atoms with van der Waals surface area (Å²) in [6.45, 7) is 1.90. The number of aliphatic imine (C=N–C) groups is 1. The monoisotopic (exact) mass is 312 g/mol. The first-order valence-electron chi connectivity index (χ1n) is 7.19. The molecule has 1 aliphatic heterocycles. The molecule has 118 valence electrons. The predicted molar refractivity (Wildman–Crippen MR) is 84.5 cm³/mol. The predicted octanol–water partition coefficient (Wildman–Crippen LogP) is 1.23. The van der Waals surface area contributed by atoms with Crippen molar-refractivity contribution in [2.75, 3.05) is 5.01 Å². The number of nitrogens with one attached hydrogen (secondary N) is 2. The van der Waals surface area contributed by atoms with Gasteiger partial charge < -0.3 is 9.73 Å². The molecule has 0 fully saturated rings. The number of carbonyl (C=O) groups is 2. The summed E-state index contributed by atoms with van der Waals surface area (Å²) < 4.78 is 5.16. The topological polar surface area (TPSA) is 86.9 Å². The van der Waals surface area contributed by atoms with Crippen LogP contribution in [0.2, 0.25) is 0 Å². The number of nitrogens with zero attached hydrogens (tertiary/aromatic N) is 2. The molecule has 2 heterocycles. The lowest BCUT2D eigenvalue weighted by Crippen LogP contribution is -2.57. The Morgan fingerprint density at radius 2 is 2.09 bits per heavy atom. The van der Waals surface area contributed by atoms with E-state index in [2.05, 4.69) is 15.7 Å². The highest BCUT2D eigenvalue weighted by Gasteiger charge is 2.30. The van der Waals surface area contributed by atoms with Gasteiger partial charge in [0.15, 0.2) is 0 Å². The maximum atomic E-state index is 12.2. The summed E-state index contributed by atoms with van der Waals surface area (Å²) in [4.78, 5) is 28.6. The van der Waals surface area contributed by atoms with Crippen LogP contribution >= 0.6 is 0 Å². The zero-order chi connectivity index (χ0) is 16.2. The minimum Gasteiger partial charge on any atom is -0.467 e. The third-order valence-electron chi connectivity index (χ3n) is 3.35. The van der Waals surface area contributed by atoms with Gasteiger partial charge in [-0.2, -0.15) is 0 Å². The molecular weight excluding hydrogens is 296 g/mol. The Balaban J connectivity index is 1.73. The van der Waals surface area contributed by atoms with E-state index in [4.69, 9.17) is 4.42 Å². The molecule has 0 radical (unpaired) electrons. The quantitative estimate of drug-likeness (QED) is 0.889. The van der Waals surface area contributed by atoms with Crippen molar-refractivity contribution in [3.8, 4) is 0 Å². The summed E-state index contributed by atoms with van der Waals surface area (Å²) >= 11 is 0. The zero-order valence-electron chi connectivity index (χ0n) is 12.5. The third-order valence-corrected chi connectivity index (χ3v) is 3.35. The first-order valence-corrected chi connectivity index (χ1v) is 7.19. The van der Waals surface area contributed by atoms with Crippen LogP contribution in [0, 0.1) is 0 Å². The Morgan fingerprint density at radius 1 is 1.30 bits per heavy atom. The molecule has 3 rings (SSSR count). The molecule has 2 amide bonds. The lowest BCUT2D eigenvalue weighted by Gasteiger charge is -2.30. The van der Waals surface area contributed by atoms with E-state index in [1.54, 1.807) is 31.2 Å². The number of rotatable bonds is 4.